The van der Waals surface area contributed by atoms with Gasteiger partial charge in [0.05, 0.1) is 6.54 Å². The van der Waals surface area contributed by atoms with Crippen molar-refractivity contribution in [1.29, 1.82) is 0 Å². The Labute approximate surface area is 135 Å². The first kappa shape index (κ1) is 15.0. The number of hydrogen-bond donors (Lipinski definition) is 1. The normalized spacial score (nSPS) is 10.5. The second kappa shape index (κ2) is 6.44. The largest absolute Gasteiger partial charge is 0.319 e. The fraction of sp³-hybridized carbons (Fsp3) is 0.167. The standard InChI is InChI=1S/C18H18N4O/c1-13-8-9-16(10-14(13)2)20-18(23)17-19-12-22(21-17)11-15-6-4-3-5-7-15/h3-10,12H,11H2,1-2H3,(H,20,23). The summed E-state index contributed by atoms with van der Waals surface area (Å²) in [6, 6.07) is 15.7. The number of aryl methyl sites for hydroxylation is 2. The van der Waals surface area contributed by atoms with Gasteiger partial charge in [0.15, 0.2) is 0 Å². The number of hydrogen-bond acceptors (Lipinski definition) is 3. The van der Waals surface area contributed by atoms with Crippen LogP contribution in [-0.4, -0.2) is 20.7 Å². The Kier molecular flexibility index (Phi) is 4.19. The number of carbonyl (C=O) groups is 1. The van der Waals surface area contributed by atoms with Crippen molar-refractivity contribution >= 4 is 11.6 Å². The van der Waals surface area contributed by atoms with Crippen LogP contribution in [0.1, 0.15) is 27.3 Å². The van der Waals surface area contributed by atoms with E-state index in [2.05, 4.69) is 15.4 Å². The molecule has 0 spiro atoms. The molecule has 0 aliphatic rings. The number of carbonyl (C=O) groups excluding carboxylic acids is 1. The minimum atomic E-state index is -0.305. The van der Waals surface area contributed by atoms with E-state index in [1.165, 1.54) is 5.56 Å². The van der Waals surface area contributed by atoms with Crippen molar-refractivity contribution in [2.75, 3.05) is 5.32 Å². The van der Waals surface area contributed by atoms with Crippen molar-refractivity contribution in [2.45, 2.75) is 20.4 Å². The molecule has 1 aromatic heterocycles. The van der Waals surface area contributed by atoms with E-state index < -0.39 is 0 Å². The number of anilines is 1. The first-order valence-corrected chi connectivity index (χ1v) is 7.44. The molecule has 2 aromatic carbocycles. The third-order valence-electron chi connectivity index (χ3n) is 3.69. The van der Waals surface area contributed by atoms with E-state index in [4.69, 9.17) is 0 Å². The highest BCUT2D eigenvalue weighted by Gasteiger charge is 2.12. The van der Waals surface area contributed by atoms with Crippen molar-refractivity contribution in [3.05, 3.63) is 77.4 Å². The summed E-state index contributed by atoms with van der Waals surface area (Å²) in [5.74, 6) is -0.140. The Morgan fingerprint density at radius 3 is 2.61 bits per heavy atom. The highest BCUT2D eigenvalue weighted by molar-refractivity contribution is 6.01. The van der Waals surface area contributed by atoms with Crippen LogP contribution in [0.5, 0.6) is 0 Å². The zero-order chi connectivity index (χ0) is 16.2. The Balaban J connectivity index is 1.69. The smallest absolute Gasteiger partial charge is 0.295 e. The van der Waals surface area contributed by atoms with Gasteiger partial charge in [0.25, 0.3) is 5.91 Å². The average Bonchev–Trinajstić information content (AvgIpc) is 3.00. The van der Waals surface area contributed by atoms with Gasteiger partial charge in [-0.3, -0.25) is 4.79 Å². The quantitative estimate of drug-likeness (QED) is 0.805. The molecule has 23 heavy (non-hydrogen) atoms. The molecule has 0 saturated heterocycles. The van der Waals surface area contributed by atoms with Crippen molar-refractivity contribution < 1.29 is 4.79 Å². The SMILES string of the molecule is Cc1ccc(NC(=O)c2ncn(Cc3ccccc3)n2)cc1C. The predicted octanol–water partition coefficient (Wildman–Crippen LogP) is 3.20. The summed E-state index contributed by atoms with van der Waals surface area (Å²) in [6.45, 7) is 4.64. The van der Waals surface area contributed by atoms with Gasteiger partial charge in [-0.2, -0.15) is 0 Å². The molecule has 0 aliphatic carbocycles. The van der Waals surface area contributed by atoms with E-state index >= 15 is 0 Å². The van der Waals surface area contributed by atoms with E-state index in [0.717, 1.165) is 16.8 Å². The number of benzene rings is 2. The maximum absolute atomic E-state index is 12.2. The Hall–Kier alpha value is -2.95. The molecular weight excluding hydrogens is 288 g/mol. The molecule has 3 rings (SSSR count). The lowest BCUT2D eigenvalue weighted by Crippen LogP contribution is -2.14. The van der Waals surface area contributed by atoms with E-state index in [0.29, 0.717) is 6.54 Å². The van der Waals surface area contributed by atoms with Gasteiger partial charge in [0.1, 0.15) is 6.33 Å². The van der Waals surface area contributed by atoms with Crippen LogP contribution in [0.3, 0.4) is 0 Å². The van der Waals surface area contributed by atoms with Crippen LogP contribution in [0.4, 0.5) is 5.69 Å². The van der Waals surface area contributed by atoms with Gasteiger partial charge >= 0.3 is 0 Å². The molecule has 1 heterocycles. The molecule has 0 fully saturated rings. The van der Waals surface area contributed by atoms with Crippen LogP contribution in [0.15, 0.2) is 54.9 Å². The molecule has 5 heteroatoms. The molecule has 3 aromatic rings. The summed E-state index contributed by atoms with van der Waals surface area (Å²) in [6.07, 6.45) is 1.57. The molecule has 1 N–H and O–H groups in total. The van der Waals surface area contributed by atoms with Crippen LogP contribution in [0.2, 0.25) is 0 Å². The lowest BCUT2D eigenvalue weighted by atomic mass is 10.1. The maximum atomic E-state index is 12.2. The number of rotatable bonds is 4. The number of nitrogens with zero attached hydrogens (tertiary/aromatic N) is 3. The molecule has 0 bridgehead atoms. The van der Waals surface area contributed by atoms with Gasteiger partial charge in [0.2, 0.25) is 5.82 Å². The first-order chi connectivity index (χ1) is 11.1. The molecule has 116 valence electrons. The summed E-state index contributed by atoms with van der Waals surface area (Å²) in [5, 5.41) is 7.06. The van der Waals surface area contributed by atoms with Crippen LogP contribution < -0.4 is 5.32 Å². The highest BCUT2D eigenvalue weighted by atomic mass is 16.2. The molecule has 1 amide bonds. The molecule has 0 unspecified atom stereocenters. The van der Waals surface area contributed by atoms with Gasteiger partial charge in [-0.05, 0) is 42.7 Å². The van der Waals surface area contributed by atoms with Gasteiger partial charge in [-0.1, -0.05) is 36.4 Å². The topological polar surface area (TPSA) is 59.8 Å². The molecular formula is C18H18N4O. The maximum Gasteiger partial charge on any atom is 0.295 e. The Morgan fingerprint density at radius 2 is 1.87 bits per heavy atom. The van der Waals surface area contributed by atoms with Crippen molar-refractivity contribution in [2.24, 2.45) is 0 Å². The summed E-state index contributed by atoms with van der Waals surface area (Å²) in [4.78, 5) is 16.3. The number of aromatic nitrogens is 3. The molecule has 5 nitrogen and oxygen atoms in total. The summed E-state index contributed by atoms with van der Waals surface area (Å²) in [5.41, 5.74) is 4.18. The summed E-state index contributed by atoms with van der Waals surface area (Å²) in [7, 11) is 0. The minimum absolute atomic E-state index is 0.166. The lowest BCUT2D eigenvalue weighted by Gasteiger charge is -2.05. The second-order valence-electron chi connectivity index (χ2n) is 5.50. The Morgan fingerprint density at radius 1 is 1.09 bits per heavy atom. The second-order valence-corrected chi connectivity index (χ2v) is 5.50. The Bertz CT molecular complexity index is 824. The van der Waals surface area contributed by atoms with Crippen LogP contribution >= 0.6 is 0 Å². The van der Waals surface area contributed by atoms with Crippen LogP contribution in [-0.2, 0) is 6.54 Å². The van der Waals surface area contributed by atoms with Crippen LogP contribution in [0, 0.1) is 13.8 Å². The molecule has 0 radical (unpaired) electrons. The molecule has 0 aliphatic heterocycles. The van der Waals surface area contributed by atoms with Crippen molar-refractivity contribution in [3.8, 4) is 0 Å². The van der Waals surface area contributed by atoms with Gasteiger partial charge in [0, 0.05) is 5.69 Å². The van der Waals surface area contributed by atoms with Crippen molar-refractivity contribution in [1.82, 2.24) is 14.8 Å². The van der Waals surface area contributed by atoms with Gasteiger partial charge < -0.3 is 5.32 Å². The van der Waals surface area contributed by atoms with Crippen molar-refractivity contribution in [3.63, 3.8) is 0 Å². The third kappa shape index (κ3) is 3.63. The van der Waals surface area contributed by atoms with Crippen LogP contribution in [0.25, 0.3) is 0 Å². The minimum Gasteiger partial charge on any atom is -0.319 e. The van der Waals surface area contributed by atoms with Gasteiger partial charge in [-0.25, -0.2) is 9.67 Å². The number of amides is 1. The summed E-state index contributed by atoms with van der Waals surface area (Å²) >= 11 is 0. The van der Waals surface area contributed by atoms with E-state index in [9.17, 15) is 4.79 Å². The zero-order valence-electron chi connectivity index (χ0n) is 13.2. The summed E-state index contributed by atoms with van der Waals surface area (Å²) < 4.78 is 1.66. The first-order valence-electron chi connectivity index (χ1n) is 7.44. The van der Waals surface area contributed by atoms with E-state index in [1.807, 2.05) is 62.4 Å². The molecule has 0 saturated carbocycles. The fourth-order valence-corrected chi connectivity index (χ4v) is 2.25. The lowest BCUT2D eigenvalue weighted by molar-refractivity contribution is 0.101. The van der Waals surface area contributed by atoms with E-state index in [1.54, 1.807) is 11.0 Å². The molecule has 0 atom stereocenters. The predicted molar refractivity (Wildman–Crippen MR) is 89.4 cm³/mol. The number of nitrogens with one attached hydrogen (secondary N) is 1. The fourth-order valence-electron chi connectivity index (χ4n) is 2.25. The zero-order valence-corrected chi connectivity index (χ0v) is 13.2. The van der Waals surface area contributed by atoms with Gasteiger partial charge in [-0.15, -0.1) is 5.10 Å². The monoisotopic (exact) mass is 306 g/mol. The van der Waals surface area contributed by atoms with E-state index in [-0.39, 0.29) is 11.7 Å². The average molecular weight is 306 g/mol. The highest BCUT2D eigenvalue weighted by Crippen LogP contribution is 2.14. The third-order valence-corrected chi connectivity index (χ3v) is 3.69.